The van der Waals surface area contributed by atoms with Crippen LogP contribution in [0, 0.1) is 5.92 Å². The third-order valence-electron chi connectivity index (χ3n) is 3.27. The van der Waals surface area contributed by atoms with Gasteiger partial charge in [0.2, 0.25) is 5.91 Å². The number of amides is 1. The summed E-state index contributed by atoms with van der Waals surface area (Å²) in [6.45, 7) is 5.16. The zero-order valence-electron chi connectivity index (χ0n) is 12.9. The van der Waals surface area contributed by atoms with Gasteiger partial charge in [-0.25, -0.2) is 0 Å². The molecular formula is C16H25NO3. The number of hydrogen-bond donors (Lipinski definition) is 0. The number of hydrogen-bond acceptors (Lipinski definition) is 3. The van der Waals surface area contributed by atoms with Crippen molar-refractivity contribution in [1.82, 2.24) is 4.90 Å². The monoisotopic (exact) mass is 279 g/mol. The maximum absolute atomic E-state index is 12.0. The summed E-state index contributed by atoms with van der Waals surface area (Å²) in [5.41, 5.74) is 0. The first-order chi connectivity index (χ1) is 9.58. The average molecular weight is 279 g/mol. The van der Waals surface area contributed by atoms with Crippen LogP contribution in [0.15, 0.2) is 24.3 Å². The van der Waals surface area contributed by atoms with E-state index in [1.54, 1.807) is 12.0 Å². The van der Waals surface area contributed by atoms with Crippen LogP contribution in [-0.4, -0.2) is 38.1 Å². The molecule has 0 N–H and O–H groups in total. The van der Waals surface area contributed by atoms with Crippen LogP contribution in [0.3, 0.4) is 0 Å². The summed E-state index contributed by atoms with van der Waals surface area (Å²) in [6, 6.07) is 7.43. The Morgan fingerprint density at radius 2 is 1.85 bits per heavy atom. The molecule has 0 aliphatic carbocycles. The lowest BCUT2D eigenvalue weighted by molar-refractivity contribution is -0.134. The van der Waals surface area contributed by atoms with E-state index in [2.05, 4.69) is 6.92 Å². The summed E-state index contributed by atoms with van der Waals surface area (Å²) in [6.07, 6.45) is 1.96. The number of benzene rings is 1. The normalized spacial score (nSPS) is 11.8. The molecule has 0 spiro atoms. The Labute approximate surface area is 121 Å². The smallest absolute Gasteiger partial charge is 0.225 e. The van der Waals surface area contributed by atoms with Crippen molar-refractivity contribution in [3.8, 4) is 11.5 Å². The largest absolute Gasteiger partial charge is 0.497 e. The standard InChI is InChI=1S/C16H25NO3/c1-5-6-13(2)16(18)17(3)11-12-20-15-9-7-14(19-4)8-10-15/h7-10,13H,5-6,11-12H2,1-4H3. The zero-order valence-corrected chi connectivity index (χ0v) is 12.9. The van der Waals surface area contributed by atoms with E-state index in [1.165, 1.54) is 0 Å². The van der Waals surface area contributed by atoms with Crippen LogP contribution in [0.2, 0.25) is 0 Å². The summed E-state index contributed by atoms with van der Waals surface area (Å²) >= 11 is 0. The van der Waals surface area contributed by atoms with E-state index in [9.17, 15) is 4.79 Å². The maximum Gasteiger partial charge on any atom is 0.225 e. The highest BCUT2D eigenvalue weighted by Gasteiger charge is 2.16. The van der Waals surface area contributed by atoms with E-state index in [0.717, 1.165) is 24.3 Å². The molecule has 1 atom stereocenters. The summed E-state index contributed by atoms with van der Waals surface area (Å²) < 4.78 is 10.7. The van der Waals surface area contributed by atoms with Gasteiger partial charge in [0.15, 0.2) is 0 Å². The zero-order chi connectivity index (χ0) is 15.0. The van der Waals surface area contributed by atoms with Gasteiger partial charge in [0.1, 0.15) is 18.1 Å². The molecule has 112 valence electrons. The summed E-state index contributed by atoms with van der Waals surface area (Å²) in [5, 5.41) is 0. The van der Waals surface area contributed by atoms with E-state index in [4.69, 9.17) is 9.47 Å². The number of likely N-dealkylation sites (N-methyl/N-ethyl adjacent to an activating group) is 1. The fourth-order valence-corrected chi connectivity index (χ4v) is 2.02. The second-order valence-electron chi connectivity index (χ2n) is 4.97. The fraction of sp³-hybridized carbons (Fsp3) is 0.562. The van der Waals surface area contributed by atoms with Crippen LogP contribution in [0.1, 0.15) is 26.7 Å². The van der Waals surface area contributed by atoms with E-state index in [-0.39, 0.29) is 11.8 Å². The van der Waals surface area contributed by atoms with Gasteiger partial charge in [-0.1, -0.05) is 20.3 Å². The number of rotatable bonds is 8. The second-order valence-corrected chi connectivity index (χ2v) is 4.97. The molecule has 1 unspecified atom stereocenters. The molecule has 0 bridgehead atoms. The van der Waals surface area contributed by atoms with Gasteiger partial charge in [-0.3, -0.25) is 4.79 Å². The van der Waals surface area contributed by atoms with Gasteiger partial charge in [-0.05, 0) is 30.7 Å². The first-order valence-corrected chi connectivity index (χ1v) is 7.10. The molecule has 4 nitrogen and oxygen atoms in total. The summed E-state index contributed by atoms with van der Waals surface area (Å²) in [4.78, 5) is 13.8. The second kappa shape index (κ2) is 8.46. The number of methoxy groups -OCH3 is 1. The third-order valence-corrected chi connectivity index (χ3v) is 3.27. The molecule has 0 fully saturated rings. The molecule has 1 aromatic rings. The van der Waals surface area contributed by atoms with Crippen molar-refractivity contribution < 1.29 is 14.3 Å². The van der Waals surface area contributed by atoms with Gasteiger partial charge in [0.25, 0.3) is 0 Å². The minimum absolute atomic E-state index is 0.0889. The van der Waals surface area contributed by atoms with Crippen molar-refractivity contribution in [3.63, 3.8) is 0 Å². The molecular weight excluding hydrogens is 254 g/mol. The number of nitrogens with zero attached hydrogens (tertiary/aromatic N) is 1. The van der Waals surface area contributed by atoms with Gasteiger partial charge in [-0.15, -0.1) is 0 Å². The van der Waals surface area contributed by atoms with Crippen molar-refractivity contribution in [2.45, 2.75) is 26.7 Å². The number of carbonyl (C=O) groups excluding carboxylic acids is 1. The SMILES string of the molecule is CCCC(C)C(=O)N(C)CCOc1ccc(OC)cc1. The molecule has 0 heterocycles. The maximum atomic E-state index is 12.0. The molecule has 0 saturated heterocycles. The van der Waals surface area contributed by atoms with Crippen molar-refractivity contribution in [3.05, 3.63) is 24.3 Å². The molecule has 0 aliphatic rings. The van der Waals surface area contributed by atoms with Gasteiger partial charge in [-0.2, -0.15) is 0 Å². The summed E-state index contributed by atoms with van der Waals surface area (Å²) in [5.74, 6) is 1.86. The van der Waals surface area contributed by atoms with Crippen molar-refractivity contribution >= 4 is 5.91 Å². The van der Waals surface area contributed by atoms with Crippen LogP contribution in [0.5, 0.6) is 11.5 Å². The number of ether oxygens (including phenoxy) is 2. The quantitative estimate of drug-likeness (QED) is 0.734. The van der Waals surface area contributed by atoms with E-state index >= 15 is 0 Å². The first-order valence-electron chi connectivity index (χ1n) is 7.10. The van der Waals surface area contributed by atoms with Gasteiger partial charge < -0.3 is 14.4 Å². The van der Waals surface area contributed by atoms with Crippen LogP contribution < -0.4 is 9.47 Å². The van der Waals surface area contributed by atoms with E-state index in [0.29, 0.717) is 13.2 Å². The third kappa shape index (κ3) is 5.11. The summed E-state index contributed by atoms with van der Waals surface area (Å²) in [7, 11) is 3.46. The fourth-order valence-electron chi connectivity index (χ4n) is 2.02. The van der Waals surface area contributed by atoms with Crippen molar-refractivity contribution in [1.29, 1.82) is 0 Å². The Morgan fingerprint density at radius 1 is 1.25 bits per heavy atom. The molecule has 0 radical (unpaired) electrons. The van der Waals surface area contributed by atoms with E-state index in [1.807, 2.05) is 38.2 Å². The Hall–Kier alpha value is -1.71. The van der Waals surface area contributed by atoms with Crippen LogP contribution in [0.25, 0.3) is 0 Å². The first kappa shape index (κ1) is 16.3. The van der Waals surface area contributed by atoms with Crippen molar-refractivity contribution in [2.24, 2.45) is 5.92 Å². The predicted octanol–water partition coefficient (Wildman–Crippen LogP) is 2.97. The Bertz CT molecular complexity index is 403. The van der Waals surface area contributed by atoms with Crippen LogP contribution >= 0.6 is 0 Å². The molecule has 4 heteroatoms. The highest BCUT2D eigenvalue weighted by Crippen LogP contribution is 2.17. The van der Waals surface area contributed by atoms with Crippen LogP contribution in [-0.2, 0) is 4.79 Å². The molecule has 1 rings (SSSR count). The Kier molecular flexibility index (Phi) is 6.91. The lowest BCUT2D eigenvalue weighted by Crippen LogP contribution is -2.34. The average Bonchev–Trinajstić information content (AvgIpc) is 2.47. The molecule has 0 aromatic heterocycles. The van der Waals surface area contributed by atoms with E-state index < -0.39 is 0 Å². The predicted molar refractivity (Wildman–Crippen MR) is 80.2 cm³/mol. The Balaban J connectivity index is 2.33. The molecule has 1 aromatic carbocycles. The molecule has 20 heavy (non-hydrogen) atoms. The lowest BCUT2D eigenvalue weighted by Gasteiger charge is -2.21. The minimum Gasteiger partial charge on any atom is -0.497 e. The Morgan fingerprint density at radius 3 is 2.40 bits per heavy atom. The molecule has 0 saturated carbocycles. The van der Waals surface area contributed by atoms with Crippen LogP contribution in [0.4, 0.5) is 0 Å². The highest BCUT2D eigenvalue weighted by atomic mass is 16.5. The topological polar surface area (TPSA) is 38.8 Å². The minimum atomic E-state index is 0.0889. The van der Waals surface area contributed by atoms with Gasteiger partial charge >= 0.3 is 0 Å². The number of carbonyl (C=O) groups is 1. The van der Waals surface area contributed by atoms with Gasteiger partial charge in [0.05, 0.1) is 13.7 Å². The van der Waals surface area contributed by atoms with Gasteiger partial charge in [0, 0.05) is 13.0 Å². The van der Waals surface area contributed by atoms with Crippen molar-refractivity contribution in [2.75, 3.05) is 27.3 Å². The molecule has 0 aliphatic heterocycles. The molecule has 1 amide bonds. The highest BCUT2D eigenvalue weighted by molar-refractivity contribution is 5.78. The lowest BCUT2D eigenvalue weighted by atomic mass is 10.1.